The summed E-state index contributed by atoms with van der Waals surface area (Å²) in [7, 11) is -0.0674. The van der Waals surface area contributed by atoms with Gasteiger partial charge < -0.3 is 4.90 Å². The van der Waals surface area contributed by atoms with Crippen LogP contribution in [0.4, 0.5) is 0 Å². The van der Waals surface area contributed by atoms with Crippen LogP contribution in [-0.4, -0.2) is 61.1 Å². The predicted molar refractivity (Wildman–Crippen MR) is 87.7 cm³/mol. The molecular formula is C16H23N3O3S. The molecule has 1 aromatic rings. The molecule has 126 valence electrons. The van der Waals surface area contributed by atoms with Gasteiger partial charge in [-0.3, -0.25) is 4.79 Å². The van der Waals surface area contributed by atoms with E-state index in [-0.39, 0.29) is 17.9 Å². The van der Waals surface area contributed by atoms with Crippen LogP contribution in [0.15, 0.2) is 30.3 Å². The highest BCUT2D eigenvalue weighted by Gasteiger charge is 2.44. The number of amides is 1. The Morgan fingerprint density at radius 2 is 1.96 bits per heavy atom. The highest BCUT2D eigenvalue weighted by molar-refractivity contribution is 7.86. The third-order valence-corrected chi connectivity index (χ3v) is 6.85. The lowest BCUT2D eigenvalue weighted by Crippen LogP contribution is -2.51. The summed E-state index contributed by atoms with van der Waals surface area (Å²) in [4.78, 5) is 13.6. The van der Waals surface area contributed by atoms with Crippen LogP contribution in [0.3, 0.4) is 0 Å². The first-order valence-electron chi connectivity index (χ1n) is 7.90. The van der Waals surface area contributed by atoms with Gasteiger partial charge in [0.15, 0.2) is 0 Å². The second-order valence-corrected chi connectivity index (χ2v) is 8.47. The van der Waals surface area contributed by atoms with Crippen molar-refractivity contribution in [2.45, 2.75) is 25.4 Å². The van der Waals surface area contributed by atoms with E-state index in [1.54, 1.807) is 11.9 Å². The maximum Gasteiger partial charge on any atom is 0.282 e. The largest absolute Gasteiger partial charge is 0.342 e. The van der Waals surface area contributed by atoms with Crippen molar-refractivity contribution in [3.05, 3.63) is 35.9 Å². The molecule has 0 N–H and O–H groups in total. The monoisotopic (exact) mass is 337 g/mol. The summed E-state index contributed by atoms with van der Waals surface area (Å²) >= 11 is 0. The van der Waals surface area contributed by atoms with Crippen molar-refractivity contribution in [2.75, 3.05) is 27.2 Å². The number of nitrogens with zero attached hydrogens (tertiary/aromatic N) is 3. The first-order valence-corrected chi connectivity index (χ1v) is 9.30. The first-order chi connectivity index (χ1) is 10.9. The number of likely N-dealkylation sites (tertiary alicyclic amines) is 1. The number of piperidine rings is 1. The molecule has 2 aliphatic rings. The molecule has 1 aromatic carbocycles. The summed E-state index contributed by atoms with van der Waals surface area (Å²) in [5, 5.41) is 0. The summed E-state index contributed by atoms with van der Waals surface area (Å²) in [5.74, 6) is 0.234. The van der Waals surface area contributed by atoms with Crippen LogP contribution >= 0.6 is 0 Å². The van der Waals surface area contributed by atoms with E-state index in [4.69, 9.17) is 0 Å². The van der Waals surface area contributed by atoms with Crippen molar-refractivity contribution in [1.29, 1.82) is 0 Å². The Bertz CT molecular complexity index is 677. The molecule has 0 spiro atoms. The zero-order valence-electron chi connectivity index (χ0n) is 13.6. The van der Waals surface area contributed by atoms with Crippen LogP contribution in [0, 0.1) is 5.92 Å². The van der Waals surface area contributed by atoms with Gasteiger partial charge in [-0.25, -0.2) is 0 Å². The topological polar surface area (TPSA) is 60.9 Å². The van der Waals surface area contributed by atoms with E-state index in [1.165, 1.54) is 8.61 Å². The molecule has 23 heavy (non-hydrogen) atoms. The van der Waals surface area contributed by atoms with Gasteiger partial charge in [0, 0.05) is 52.1 Å². The Morgan fingerprint density at radius 3 is 2.65 bits per heavy atom. The van der Waals surface area contributed by atoms with Crippen LogP contribution in [0.2, 0.25) is 0 Å². The van der Waals surface area contributed by atoms with Crippen LogP contribution in [-0.2, 0) is 21.5 Å². The van der Waals surface area contributed by atoms with Crippen LogP contribution in [0.5, 0.6) is 0 Å². The highest BCUT2D eigenvalue weighted by atomic mass is 32.2. The average Bonchev–Trinajstić information content (AvgIpc) is 2.82. The standard InChI is InChI=1S/C16H23N3O3S/c1-17(11-13-6-4-3-5-7-13)23(21,22)19-9-8-15-14(12-19)10-16(20)18(15)2/h3-7,14-15H,8-12H2,1-2H3/t14-,15+/m1/s1. The molecule has 6 nitrogen and oxygen atoms in total. The SMILES string of the molecule is CN1C(=O)C[C@@H]2CN(S(=O)(=O)N(C)Cc3ccccc3)CC[C@@H]21. The lowest BCUT2D eigenvalue weighted by atomic mass is 9.94. The van der Waals surface area contributed by atoms with Crippen LogP contribution in [0.25, 0.3) is 0 Å². The Hall–Kier alpha value is -1.44. The zero-order chi connectivity index (χ0) is 16.6. The van der Waals surface area contributed by atoms with Crippen molar-refractivity contribution in [3.63, 3.8) is 0 Å². The Balaban J connectivity index is 1.69. The number of carbonyl (C=O) groups is 1. The highest BCUT2D eigenvalue weighted by Crippen LogP contribution is 2.32. The smallest absolute Gasteiger partial charge is 0.282 e. The molecule has 2 aliphatic heterocycles. The van der Waals surface area contributed by atoms with Crippen molar-refractivity contribution >= 4 is 16.1 Å². The van der Waals surface area contributed by atoms with E-state index in [2.05, 4.69) is 0 Å². The minimum atomic E-state index is -3.50. The van der Waals surface area contributed by atoms with Crippen molar-refractivity contribution < 1.29 is 13.2 Å². The fourth-order valence-corrected chi connectivity index (χ4v) is 5.00. The predicted octanol–water partition coefficient (Wildman–Crippen LogP) is 0.916. The lowest BCUT2D eigenvalue weighted by molar-refractivity contribution is -0.127. The Morgan fingerprint density at radius 1 is 1.26 bits per heavy atom. The molecule has 2 heterocycles. The molecule has 3 rings (SSSR count). The second-order valence-electron chi connectivity index (χ2n) is 6.43. The van der Waals surface area contributed by atoms with E-state index < -0.39 is 10.2 Å². The van der Waals surface area contributed by atoms with Gasteiger partial charge in [0.25, 0.3) is 10.2 Å². The fraction of sp³-hybridized carbons (Fsp3) is 0.562. The normalized spacial score (nSPS) is 25.9. The number of fused-ring (bicyclic) bond motifs is 1. The molecule has 2 fully saturated rings. The minimum absolute atomic E-state index is 0.112. The molecule has 2 atom stereocenters. The number of benzene rings is 1. The first kappa shape index (κ1) is 16.4. The van der Waals surface area contributed by atoms with Crippen molar-refractivity contribution in [2.24, 2.45) is 5.92 Å². The summed E-state index contributed by atoms with van der Waals surface area (Å²) in [6, 6.07) is 9.75. The van der Waals surface area contributed by atoms with Gasteiger partial charge in [-0.1, -0.05) is 30.3 Å². The van der Waals surface area contributed by atoms with E-state index in [0.29, 0.717) is 32.5 Å². The van der Waals surface area contributed by atoms with Gasteiger partial charge in [-0.05, 0) is 12.0 Å². The quantitative estimate of drug-likeness (QED) is 0.821. The van der Waals surface area contributed by atoms with Crippen LogP contribution < -0.4 is 0 Å². The maximum atomic E-state index is 12.8. The van der Waals surface area contributed by atoms with Gasteiger partial charge in [-0.2, -0.15) is 17.0 Å². The molecule has 0 radical (unpaired) electrons. The van der Waals surface area contributed by atoms with Gasteiger partial charge in [0.2, 0.25) is 5.91 Å². The van der Waals surface area contributed by atoms with Gasteiger partial charge in [0.05, 0.1) is 0 Å². The second kappa shape index (κ2) is 6.22. The maximum absolute atomic E-state index is 12.8. The summed E-state index contributed by atoms with van der Waals surface area (Å²) in [6.07, 6.45) is 1.17. The zero-order valence-corrected chi connectivity index (χ0v) is 14.4. The fourth-order valence-electron chi connectivity index (χ4n) is 3.58. The molecule has 0 aliphatic carbocycles. The molecule has 2 saturated heterocycles. The molecule has 0 unspecified atom stereocenters. The van der Waals surface area contributed by atoms with E-state index in [9.17, 15) is 13.2 Å². The number of hydrogen-bond donors (Lipinski definition) is 0. The summed E-state index contributed by atoms with van der Waals surface area (Å²) in [6.45, 7) is 1.26. The Kier molecular flexibility index (Phi) is 4.44. The van der Waals surface area contributed by atoms with E-state index in [1.807, 2.05) is 37.4 Å². The molecule has 0 aromatic heterocycles. The Labute approximate surface area is 137 Å². The number of carbonyl (C=O) groups excluding carboxylic acids is 1. The van der Waals surface area contributed by atoms with Crippen molar-refractivity contribution in [3.8, 4) is 0 Å². The molecule has 7 heteroatoms. The number of hydrogen-bond acceptors (Lipinski definition) is 3. The van der Waals surface area contributed by atoms with E-state index in [0.717, 1.165) is 5.56 Å². The number of rotatable bonds is 4. The minimum Gasteiger partial charge on any atom is -0.342 e. The molecule has 0 saturated carbocycles. The average molecular weight is 337 g/mol. The lowest BCUT2D eigenvalue weighted by Gasteiger charge is -2.37. The van der Waals surface area contributed by atoms with Gasteiger partial charge >= 0.3 is 0 Å². The van der Waals surface area contributed by atoms with Crippen molar-refractivity contribution in [1.82, 2.24) is 13.5 Å². The van der Waals surface area contributed by atoms with Gasteiger partial charge in [-0.15, -0.1) is 0 Å². The summed E-state index contributed by atoms with van der Waals surface area (Å²) in [5.41, 5.74) is 0.962. The third kappa shape index (κ3) is 3.13. The van der Waals surface area contributed by atoms with Crippen LogP contribution in [0.1, 0.15) is 18.4 Å². The summed E-state index contributed by atoms with van der Waals surface area (Å²) < 4.78 is 28.5. The molecule has 1 amide bonds. The third-order valence-electron chi connectivity index (χ3n) is 4.95. The van der Waals surface area contributed by atoms with E-state index >= 15 is 0 Å². The molecule has 0 bridgehead atoms. The molecular weight excluding hydrogens is 314 g/mol. The van der Waals surface area contributed by atoms with Gasteiger partial charge in [0.1, 0.15) is 0 Å².